The molecule has 0 spiro atoms. The van der Waals surface area contributed by atoms with Gasteiger partial charge in [-0.25, -0.2) is 4.68 Å². The van der Waals surface area contributed by atoms with Gasteiger partial charge in [0.15, 0.2) is 5.82 Å². The summed E-state index contributed by atoms with van der Waals surface area (Å²) in [4.78, 5) is 5.22. The van der Waals surface area contributed by atoms with Crippen LogP contribution in [-0.2, 0) is 6.54 Å². The molecular formula is C22H28ClN6O-. The maximum atomic E-state index is 5.53. The Morgan fingerprint density at radius 1 is 0.967 bits per heavy atom. The van der Waals surface area contributed by atoms with Gasteiger partial charge < -0.3 is 16.8 Å². The van der Waals surface area contributed by atoms with Crippen molar-refractivity contribution in [3.8, 4) is 0 Å². The van der Waals surface area contributed by atoms with E-state index in [1.807, 2.05) is 16.8 Å². The van der Waals surface area contributed by atoms with Crippen molar-refractivity contribution in [2.45, 2.75) is 44.3 Å². The number of benzene rings is 1. The Hall–Kier alpha value is -2.22. The number of rotatable bonds is 6. The maximum absolute atomic E-state index is 5.53. The van der Waals surface area contributed by atoms with E-state index in [4.69, 9.17) is 4.42 Å². The van der Waals surface area contributed by atoms with E-state index in [9.17, 15) is 0 Å². The molecule has 2 fully saturated rings. The quantitative estimate of drug-likeness (QED) is 0.550. The standard InChI is InChI=1S/C22H28N6O.ClH/c1-2-7-18(8-3-1)21(22-23-24-25-28(22)17-20-11-6-16-29-20)27-14-12-26(13-15-27)19-9-4-5-10-19;/h1-3,6-8,11,16,19,21H,4-5,9-10,12-15,17H2;1H/p-1. The van der Waals surface area contributed by atoms with Crippen LogP contribution in [-0.4, -0.2) is 62.2 Å². The van der Waals surface area contributed by atoms with E-state index >= 15 is 0 Å². The molecule has 1 saturated heterocycles. The number of hydrogen-bond acceptors (Lipinski definition) is 6. The van der Waals surface area contributed by atoms with Crippen molar-refractivity contribution in [2.75, 3.05) is 26.2 Å². The van der Waals surface area contributed by atoms with Crippen LogP contribution in [0.25, 0.3) is 0 Å². The molecule has 160 valence electrons. The van der Waals surface area contributed by atoms with Crippen molar-refractivity contribution >= 4 is 0 Å². The molecule has 0 bridgehead atoms. The monoisotopic (exact) mass is 427 g/mol. The summed E-state index contributed by atoms with van der Waals surface area (Å²) in [5.41, 5.74) is 1.23. The number of hydrogen-bond donors (Lipinski definition) is 0. The van der Waals surface area contributed by atoms with Crippen LogP contribution >= 0.6 is 0 Å². The van der Waals surface area contributed by atoms with Crippen molar-refractivity contribution in [3.05, 3.63) is 65.9 Å². The van der Waals surface area contributed by atoms with Gasteiger partial charge >= 0.3 is 0 Å². The number of halogens is 1. The summed E-state index contributed by atoms with van der Waals surface area (Å²) in [7, 11) is 0. The summed E-state index contributed by atoms with van der Waals surface area (Å²) < 4.78 is 7.40. The summed E-state index contributed by atoms with van der Waals surface area (Å²) in [5.74, 6) is 1.73. The zero-order valence-electron chi connectivity index (χ0n) is 17.1. The van der Waals surface area contributed by atoms with Gasteiger partial charge in [-0.15, -0.1) is 5.10 Å². The predicted octanol–water partition coefficient (Wildman–Crippen LogP) is -0.0320. The van der Waals surface area contributed by atoms with Gasteiger partial charge in [-0.2, -0.15) is 0 Å². The minimum absolute atomic E-state index is 0. The molecule has 5 rings (SSSR count). The zero-order chi connectivity index (χ0) is 19.5. The van der Waals surface area contributed by atoms with E-state index in [0.29, 0.717) is 6.54 Å². The number of aromatic nitrogens is 4. The molecular weight excluding hydrogens is 400 g/mol. The largest absolute Gasteiger partial charge is 1.00 e. The second-order valence-electron chi connectivity index (χ2n) is 8.10. The van der Waals surface area contributed by atoms with Crippen LogP contribution in [0.2, 0.25) is 0 Å². The summed E-state index contributed by atoms with van der Waals surface area (Å²) >= 11 is 0. The van der Waals surface area contributed by atoms with Crippen molar-refractivity contribution in [3.63, 3.8) is 0 Å². The molecule has 3 heterocycles. The van der Waals surface area contributed by atoms with Crippen LogP contribution in [0.4, 0.5) is 0 Å². The lowest BCUT2D eigenvalue weighted by atomic mass is 10.0. The molecule has 1 aromatic carbocycles. The first-order valence-electron chi connectivity index (χ1n) is 10.7. The molecule has 1 aliphatic heterocycles. The van der Waals surface area contributed by atoms with Gasteiger partial charge in [0.25, 0.3) is 0 Å². The third-order valence-electron chi connectivity index (χ3n) is 6.36. The summed E-state index contributed by atoms with van der Waals surface area (Å²) in [6.07, 6.45) is 7.20. The molecule has 0 amide bonds. The highest BCUT2D eigenvalue weighted by atomic mass is 35.5. The highest BCUT2D eigenvalue weighted by Crippen LogP contribution is 2.30. The molecule has 2 aliphatic rings. The van der Waals surface area contributed by atoms with Gasteiger partial charge in [-0.05, 0) is 41.0 Å². The van der Waals surface area contributed by atoms with Crippen LogP contribution in [0.15, 0.2) is 53.1 Å². The molecule has 3 aromatic rings. The lowest BCUT2D eigenvalue weighted by Crippen LogP contribution is -3.00. The summed E-state index contributed by atoms with van der Waals surface area (Å²) in [5, 5.41) is 12.7. The molecule has 30 heavy (non-hydrogen) atoms. The van der Waals surface area contributed by atoms with Crippen molar-refractivity contribution < 1.29 is 16.8 Å². The maximum Gasteiger partial charge on any atom is 0.173 e. The predicted molar refractivity (Wildman–Crippen MR) is 109 cm³/mol. The third kappa shape index (κ3) is 4.43. The minimum atomic E-state index is 0. The SMILES string of the molecule is [Cl-].c1ccc(C(c2nnnn2Cc2ccco2)N2CCN(C3CCCC3)CC2)cc1. The van der Waals surface area contributed by atoms with Crippen LogP contribution in [0, 0.1) is 0 Å². The molecule has 1 aliphatic carbocycles. The van der Waals surface area contributed by atoms with Gasteiger partial charge in [0, 0.05) is 32.2 Å². The topological polar surface area (TPSA) is 63.2 Å². The first-order chi connectivity index (χ1) is 14.4. The van der Waals surface area contributed by atoms with Gasteiger partial charge in [0.1, 0.15) is 12.3 Å². The van der Waals surface area contributed by atoms with Crippen molar-refractivity contribution in [1.29, 1.82) is 0 Å². The van der Waals surface area contributed by atoms with Crippen molar-refractivity contribution in [2.24, 2.45) is 0 Å². The first-order valence-corrected chi connectivity index (χ1v) is 10.7. The number of furan rings is 1. The fourth-order valence-electron chi connectivity index (χ4n) is 4.86. The second-order valence-corrected chi connectivity index (χ2v) is 8.10. The van der Waals surface area contributed by atoms with E-state index in [1.165, 1.54) is 31.2 Å². The first kappa shape index (κ1) is 21.0. The molecule has 1 saturated carbocycles. The molecule has 0 radical (unpaired) electrons. The lowest BCUT2D eigenvalue weighted by Gasteiger charge is -2.41. The molecule has 8 heteroatoms. The Labute approximate surface area is 183 Å². The zero-order valence-corrected chi connectivity index (χ0v) is 17.9. The van der Waals surface area contributed by atoms with Crippen LogP contribution in [0.3, 0.4) is 0 Å². The highest BCUT2D eigenvalue weighted by molar-refractivity contribution is 5.25. The normalized spacial score (nSPS) is 19.6. The van der Waals surface area contributed by atoms with Gasteiger partial charge in [0.2, 0.25) is 0 Å². The van der Waals surface area contributed by atoms with Gasteiger partial charge in [-0.1, -0.05) is 43.2 Å². The van der Waals surface area contributed by atoms with Crippen LogP contribution in [0.5, 0.6) is 0 Å². The number of tetrazole rings is 1. The third-order valence-corrected chi connectivity index (χ3v) is 6.36. The van der Waals surface area contributed by atoms with Gasteiger partial charge in [0.05, 0.1) is 12.3 Å². The number of piperazine rings is 1. The van der Waals surface area contributed by atoms with Crippen LogP contribution < -0.4 is 12.4 Å². The van der Waals surface area contributed by atoms with E-state index in [1.54, 1.807) is 6.26 Å². The smallest absolute Gasteiger partial charge is 0.173 e. The fraction of sp³-hybridized carbons (Fsp3) is 0.500. The Morgan fingerprint density at radius 2 is 1.73 bits per heavy atom. The Bertz CT molecular complexity index is 886. The fourth-order valence-corrected chi connectivity index (χ4v) is 4.86. The van der Waals surface area contributed by atoms with Gasteiger partial charge in [-0.3, -0.25) is 9.80 Å². The Kier molecular flexibility index (Phi) is 6.82. The highest BCUT2D eigenvalue weighted by Gasteiger charge is 2.33. The minimum Gasteiger partial charge on any atom is -1.00 e. The summed E-state index contributed by atoms with van der Waals surface area (Å²) in [6, 6.07) is 15.3. The summed E-state index contributed by atoms with van der Waals surface area (Å²) in [6.45, 7) is 4.84. The van der Waals surface area contributed by atoms with Crippen molar-refractivity contribution in [1.82, 2.24) is 30.0 Å². The van der Waals surface area contributed by atoms with E-state index in [2.05, 4.69) is 55.7 Å². The Morgan fingerprint density at radius 3 is 2.43 bits per heavy atom. The molecule has 1 atom stereocenters. The molecule has 0 N–H and O–H groups in total. The van der Waals surface area contributed by atoms with E-state index in [-0.39, 0.29) is 18.4 Å². The Balaban J connectivity index is 0.00000218. The van der Waals surface area contributed by atoms with Crippen LogP contribution in [0.1, 0.15) is 48.9 Å². The van der Waals surface area contributed by atoms with E-state index < -0.39 is 0 Å². The molecule has 7 nitrogen and oxygen atoms in total. The lowest BCUT2D eigenvalue weighted by molar-refractivity contribution is -0.00000665. The second kappa shape index (κ2) is 9.73. The molecule has 2 aromatic heterocycles. The molecule has 1 unspecified atom stereocenters. The average molecular weight is 428 g/mol. The van der Waals surface area contributed by atoms with E-state index in [0.717, 1.165) is 43.8 Å². The average Bonchev–Trinajstić information content (AvgIpc) is 3.54. The number of nitrogens with zero attached hydrogens (tertiary/aromatic N) is 6.